The number of aromatic nitrogens is 2. The van der Waals surface area contributed by atoms with Crippen LogP contribution >= 0.6 is 11.6 Å². The number of halogens is 1. The van der Waals surface area contributed by atoms with Gasteiger partial charge in [0.15, 0.2) is 0 Å². The third kappa shape index (κ3) is 3.26. The van der Waals surface area contributed by atoms with Crippen LogP contribution in [0.5, 0.6) is 0 Å². The molecule has 0 bridgehead atoms. The monoisotopic (exact) mass is 373 g/mol. The van der Waals surface area contributed by atoms with Gasteiger partial charge in [0.1, 0.15) is 11.5 Å². The van der Waals surface area contributed by atoms with Gasteiger partial charge in [-0.2, -0.15) is 0 Å². The molecular formula is C20H24ClN3O2. The lowest BCUT2D eigenvalue weighted by Crippen LogP contribution is -2.45. The minimum Gasteiger partial charge on any atom is -0.381 e. The number of benzene rings is 1. The second-order valence-corrected chi connectivity index (χ2v) is 7.63. The molecule has 0 spiro atoms. The molecule has 1 aromatic carbocycles. The van der Waals surface area contributed by atoms with E-state index in [-0.39, 0.29) is 11.3 Å². The number of imidazole rings is 1. The predicted octanol–water partition coefficient (Wildman–Crippen LogP) is 3.35. The molecule has 0 radical (unpaired) electrons. The maximum atomic E-state index is 12.8. The van der Waals surface area contributed by atoms with Crippen LogP contribution in [0.2, 0.25) is 5.02 Å². The lowest BCUT2D eigenvalue weighted by Gasteiger charge is -2.38. The number of carbonyl (C=O) groups is 1. The van der Waals surface area contributed by atoms with E-state index >= 15 is 0 Å². The smallest absolute Gasteiger partial charge is 0.269 e. The van der Waals surface area contributed by atoms with E-state index in [1.807, 2.05) is 18.2 Å². The number of hydrogen-bond acceptors (Lipinski definition) is 3. The van der Waals surface area contributed by atoms with Crippen LogP contribution < -0.4 is 5.32 Å². The van der Waals surface area contributed by atoms with E-state index in [1.54, 1.807) is 6.20 Å². The highest BCUT2D eigenvalue weighted by Crippen LogP contribution is 2.38. The molecule has 1 aromatic heterocycles. The number of carbonyl (C=O) groups excluding carboxylic acids is 1. The summed E-state index contributed by atoms with van der Waals surface area (Å²) in [6, 6.07) is 7.94. The molecule has 0 atom stereocenters. The molecule has 138 valence electrons. The average molecular weight is 374 g/mol. The fraction of sp³-hybridized carbons (Fsp3) is 0.500. The minimum absolute atomic E-state index is 0.0522. The molecule has 1 saturated heterocycles. The Bertz CT molecular complexity index is 796. The third-order valence-corrected chi connectivity index (χ3v) is 6.02. The van der Waals surface area contributed by atoms with Crippen LogP contribution in [0, 0.1) is 0 Å². The molecule has 0 aliphatic carbocycles. The molecule has 26 heavy (non-hydrogen) atoms. The first-order valence-corrected chi connectivity index (χ1v) is 9.73. The van der Waals surface area contributed by atoms with Crippen LogP contribution in [0.3, 0.4) is 0 Å². The second-order valence-electron chi connectivity index (χ2n) is 7.22. The van der Waals surface area contributed by atoms with Gasteiger partial charge in [0.05, 0.1) is 6.20 Å². The predicted molar refractivity (Wildman–Crippen MR) is 101 cm³/mol. The lowest BCUT2D eigenvalue weighted by molar-refractivity contribution is 0.0486. The normalized spacial score (nSPS) is 19.0. The summed E-state index contributed by atoms with van der Waals surface area (Å²) in [7, 11) is 0. The van der Waals surface area contributed by atoms with E-state index in [9.17, 15) is 4.79 Å². The Morgan fingerprint density at radius 1 is 1.27 bits per heavy atom. The molecule has 4 rings (SSSR count). The van der Waals surface area contributed by atoms with E-state index < -0.39 is 0 Å². The molecule has 1 amide bonds. The van der Waals surface area contributed by atoms with Gasteiger partial charge in [0.25, 0.3) is 5.91 Å². The first kappa shape index (κ1) is 17.6. The molecule has 0 saturated carbocycles. The standard InChI is InChI=1S/C20H24ClN3O2/c21-16-6-2-1-5-15(16)20(8-11-26-12-9-20)14-23-19(25)17-13-22-18-7-3-4-10-24(17)18/h1-2,5-6,13H,3-4,7-12,14H2,(H,23,25). The zero-order valence-electron chi connectivity index (χ0n) is 14.8. The van der Waals surface area contributed by atoms with E-state index in [2.05, 4.69) is 20.9 Å². The van der Waals surface area contributed by atoms with Crippen molar-refractivity contribution in [2.75, 3.05) is 19.8 Å². The number of ether oxygens (including phenoxy) is 1. The summed E-state index contributed by atoms with van der Waals surface area (Å²) < 4.78 is 7.63. The van der Waals surface area contributed by atoms with Gasteiger partial charge >= 0.3 is 0 Å². The van der Waals surface area contributed by atoms with Gasteiger partial charge in [-0.15, -0.1) is 0 Å². The Hall–Kier alpha value is -1.85. The van der Waals surface area contributed by atoms with Crippen molar-refractivity contribution in [3.05, 3.63) is 52.6 Å². The van der Waals surface area contributed by atoms with Gasteiger partial charge in [-0.25, -0.2) is 4.98 Å². The van der Waals surface area contributed by atoms with Crippen LogP contribution in [0.15, 0.2) is 30.5 Å². The van der Waals surface area contributed by atoms with Gasteiger partial charge in [-0.05, 0) is 37.3 Å². The highest BCUT2D eigenvalue weighted by molar-refractivity contribution is 6.31. The Kier molecular flexibility index (Phi) is 5.00. The molecule has 3 heterocycles. The number of amides is 1. The van der Waals surface area contributed by atoms with E-state index in [1.165, 1.54) is 0 Å². The maximum Gasteiger partial charge on any atom is 0.269 e. The molecule has 6 heteroatoms. The van der Waals surface area contributed by atoms with Gasteiger partial charge < -0.3 is 14.6 Å². The maximum absolute atomic E-state index is 12.8. The zero-order valence-corrected chi connectivity index (χ0v) is 15.6. The van der Waals surface area contributed by atoms with E-state index in [0.717, 1.165) is 55.1 Å². The quantitative estimate of drug-likeness (QED) is 0.894. The average Bonchev–Trinajstić information content (AvgIpc) is 3.11. The summed E-state index contributed by atoms with van der Waals surface area (Å²) in [5.74, 6) is 0.969. The molecule has 0 unspecified atom stereocenters. The first-order chi connectivity index (χ1) is 12.7. The molecule has 5 nitrogen and oxygen atoms in total. The number of fused-ring (bicyclic) bond motifs is 1. The van der Waals surface area contributed by atoms with Crippen molar-refractivity contribution < 1.29 is 9.53 Å². The summed E-state index contributed by atoms with van der Waals surface area (Å²) in [5.41, 5.74) is 1.58. The van der Waals surface area contributed by atoms with Gasteiger partial charge in [-0.3, -0.25) is 4.79 Å². The largest absolute Gasteiger partial charge is 0.381 e. The van der Waals surface area contributed by atoms with Gasteiger partial charge in [0.2, 0.25) is 0 Å². The summed E-state index contributed by atoms with van der Waals surface area (Å²) in [6.07, 6.45) is 6.61. The zero-order chi connectivity index (χ0) is 18.0. The van der Waals surface area contributed by atoms with Crippen LogP contribution in [0.25, 0.3) is 0 Å². The van der Waals surface area contributed by atoms with Crippen LogP contribution in [-0.2, 0) is 23.1 Å². The Labute approximate surface area is 158 Å². The Balaban J connectivity index is 1.55. The summed E-state index contributed by atoms with van der Waals surface area (Å²) in [6.45, 7) is 2.80. The number of hydrogen-bond donors (Lipinski definition) is 1. The second kappa shape index (κ2) is 7.41. The van der Waals surface area contributed by atoms with Crippen LogP contribution in [-0.4, -0.2) is 35.2 Å². The number of nitrogens with zero attached hydrogens (tertiary/aromatic N) is 2. The lowest BCUT2D eigenvalue weighted by atomic mass is 9.74. The molecule has 2 aliphatic heterocycles. The van der Waals surface area contributed by atoms with E-state index in [4.69, 9.17) is 16.3 Å². The summed E-state index contributed by atoms with van der Waals surface area (Å²) in [5, 5.41) is 3.91. The fourth-order valence-electron chi connectivity index (χ4n) is 4.13. The number of rotatable bonds is 4. The summed E-state index contributed by atoms with van der Waals surface area (Å²) in [4.78, 5) is 17.3. The van der Waals surface area contributed by atoms with Crippen LogP contribution in [0.1, 0.15) is 47.6 Å². The van der Waals surface area contributed by atoms with Crippen molar-refractivity contribution in [1.29, 1.82) is 0 Å². The minimum atomic E-state index is -0.184. The van der Waals surface area contributed by atoms with Crippen molar-refractivity contribution >= 4 is 17.5 Å². The van der Waals surface area contributed by atoms with Gasteiger partial charge in [-0.1, -0.05) is 29.8 Å². The SMILES string of the molecule is O=C(NCC1(c2ccccc2Cl)CCOCC1)c1cnc2n1CCCC2. The Morgan fingerprint density at radius 3 is 2.88 bits per heavy atom. The van der Waals surface area contributed by atoms with Crippen molar-refractivity contribution in [3.63, 3.8) is 0 Å². The van der Waals surface area contributed by atoms with Crippen molar-refractivity contribution in [2.24, 2.45) is 0 Å². The molecule has 2 aliphatic rings. The number of aryl methyl sites for hydroxylation is 1. The molecule has 2 aromatic rings. The molecule has 1 fully saturated rings. The topological polar surface area (TPSA) is 56.1 Å². The summed E-state index contributed by atoms with van der Waals surface area (Å²) >= 11 is 6.49. The van der Waals surface area contributed by atoms with Crippen LogP contribution in [0.4, 0.5) is 0 Å². The molecule has 1 N–H and O–H groups in total. The van der Waals surface area contributed by atoms with E-state index in [0.29, 0.717) is 25.5 Å². The Morgan fingerprint density at radius 2 is 2.08 bits per heavy atom. The van der Waals surface area contributed by atoms with Crippen molar-refractivity contribution in [3.8, 4) is 0 Å². The third-order valence-electron chi connectivity index (χ3n) is 5.69. The van der Waals surface area contributed by atoms with Gasteiger partial charge in [0, 0.05) is 43.2 Å². The number of nitrogens with one attached hydrogen (secondary N) is 1. The highest BCUT2D eigenvalue weighted by atomic mass is 35.5. The fourth-order valence-corrected chi connectivity index (χ4v) is 4.47. The van der Waals surface area contributed by atoms with Crippen molar-refractivity contribution in [2.45, 2.75) is 44.1 Å². The first-order valence-electron chi connectivity index (χ1n) is 9.35. The highest BCUT2D eigenvalue weighted by Gasteiger charge is 2.36. The van der Waals surface area contributed by atoms with Crippen molar-refractivity contribution in [1.82, 2.24) is 14.9 Å². The molecular weight excluding hydrogens is 350 g/mol.